The SMILES string of the molecule is CC1=CC(c2c(C)ccc3c4c(oc23)N=C(C2CCCC2)CC4)=NCC1C. The summed E-state index contributed by atoms with van der Waals surface area (Å²) in [6, 6.07) is 4.43. The second-order valence-electron chi connectivity index (χ2n) is 8.62. The molecule has 0 bridgehead atoms. The number of furan rings is 1. The molecule has 2 aliphatic heterocycles. The normalized spacial score (nSPS) is 23.2. The van der Waals surface area contributed by atoms with Crippen molar-refractivity contribution >= 4 is 28.3 Å². The van der Waals surface area contributed by atoms with Gasteiger partial charge in [0.15, 0.2) is 0 Å². The van der Waals surface area contributed by atoms with E-state index in [4.69, 9.17) is 14.4 Å². The van der Waals surface area contributed by atoms with E-state index in [0.29, 0.717) is 11.8 Å². The van der Waals surface area contributed by atoms with Gasteiger partial charge in [-0.15, -0.1) is 0 Å². The third-order valence-electron chi connectivity index (χ3n) is 6.78. The van der Waals surface area contributed by atoms with Crippen molar-refractivity contribution in [3.8, 4) is 0 Å². The van der Waals surface area contributed by atoms with Crippen LogP contribution in [0.4, 0.5) is 5.88 Å². The Labute approximate surface area is 161 Å². The third kappa shape index (κ3) is 2.79. The predicted octanol–water partition coefficient (Wildman–Crippen LogP) is 6.34. The molecule has 1 aliphatic carbocycles. The zero-order valence-corrected chi connectivity index (χ0v) is 16.6. The monoisotopic (exact) mass is 360 g/mol. The van der Waals surface area contributed by atoms with Crippen LogP contribution in [0.3, 0.4) is 0 Å². The highest BCUT2D eigenvalue weighted by Crippen LogP contribution is 2.41. The number of aryl methyl sites for hydroxylation is 2. The fraction of sp³-hybridized carbons (Fsp3) is 0.500. The van der Waals surface area contributed by atoms with Crippen LogP contribution in [0.2, 0.25) is 0 Å². The van der Waals surface area contributed by atoms with E-state index in [1.807, 2.05) is 0 Å². The molecule has 1 atom stereocenters. The van der Waals surface area contributed by atoms with Crippen molar-refractivity contribution in [2.24, 2.45) is 21.8 Å². The summed E-state index contributed by atoms with van der Waals surface area (Å²) in [5.41, 5.74) is 8.50. The number of hydrogen-bond acceptors (Lipinski definition) is 3. The van der Waals surface area contributed by atoms with Crippen molar-refractivity contribution < 1.29 is 4.42 Å². The van der Waals surface area contributed by atoms with E-state index in [0.717, 1.165) is 42.1 Å². The first kappa shape index (κ1) is 17.0. The molecule has 1 saturated carbocycles. The fourth-order valence-corrected chi connectivity index (χ4v) is 4.88. The van der Waals surface area contributed by atoms with Gasteiger partial charge in [-0.3, -0.25) is 4.99 Å². The van der Waals surface area contributed by atoms with Crippen molar-refractivity contribution in [1.82, 2.24) is 0 Å². The van der Waals surface area contributed by atoms with Crippen molar-refractivity contribution in [3.63, 3.8) is 0 Å². The highest BCUT2D eigenvalue weighted by Gasteiger charge is 2.28. The topological polar surface area (TPSA) is 37.9 Å². The summed E-state index contributed by atoms with van der Waals surface area (Å²) in [6.07, 6.45) is 9.69. The Morgan fingerprint density at radius 2 is 1.89 bits per heavy atom. The molecule has 140 valence electrons. The Morgan fingerprint density at radius 3 is 2.67 bits per heavy atom. The van der Waals surface area contributed by atoms with Gasteiger partial charge >= 0.3 is 0 Å². The van der Waals surface area contributed by atoms with Gasteiger partial charge in [0, 0.05) is 28.8 Å². The minimum atomic E-state index is 0.525. The Morgan fingerprint density at radius 1 is 1.07 bits per heavy atom. The molecule has 1 fully saturated rings. The van der Waals surface area contributed by atoms with Crippen LogP contribution in [0.25, 0.3) is 11.0 Å². The molecule has 0 N–H and O–H groups in total. The van der Waals surface area contributed by atoms with E-state index in [2.05, 4.69) is 39.0 Å². The molecule has 3 aliphatic rings. The molecule has 3 heterocycles. The van der Waals surface area contributed by atoms with E-state index in [1.165, 1.54) is 53.5 Å². The summed E-state index contributed by atoms with van der Waals surface area (Å²) in [5.74, 6) is 2.06. The minimum Gasteiger partial charge on any atom is -0.437 e. The third-order valence-corrected chi connectivity index (χ3v) is 6.78. The Kier molecular flexibility index (Phi) is 4.07. The van der Waals surface area contributed by atoms with Crippen LogP contribution in [0.1, 0.15) is 62.6 Å². The molecule has 0 saturated heterocycles. The summed E-state index contributed by atoms with van der Waals surface area (Å²) >= 11 is 0. The van der Waals surface area contributed by atoms with Crippen LogP contribution in [0.15, 0.2) is 38.2 Å². The average molecular weight is 361 g/mol. The van der Waals surface area contributed by atoms with Gasteiger partial charge in [0.25, 0.3) is 0 Å². The highest BCUT2D eigenvalue weighted by atomic mass is 16.3. The summed E-state index contributed by atoms with van der Waals surface area (Å²) in [6.45, 7) is 7.47. The number of fused-ring (bicyclic) bond motifs is 3. The molecule has 1 aromatic carbocycles. The highest BCUT2D eigenvalue weighted by molar-refractivity contribution is 6.17. The van der Waals surface area contributed by atoms with E-state index >= 15 is 0 Å². The Bertz CT molecular complexity index is 999. The maximum atomic E-state index is 6.41. The smallest absolute Gasteiger partial charge is 0.223 e. The van der Waals surface area contributed by atoms with Gasteiger partial charge in [0.1, 0.15) is 5.58 Å². The number of aliphatic imine (C=N–C) groups is 2. The van der Waals surface area contributed by atoms with E-state index in [1.54, 1.807) is 0 Å². The molecular formula is C24H28N2O. The maximum Gasteiger partial charge on any atom is 0.223 e. The molecule has 2 aromatic rings. The van der Waals surface area contributed by atoms with Crippen LogP contribution >= 0.6 is 0 Å². The molecule has 3 nitrogen and oxygen atoms in total. The molecular weight excluding hydrogens is 332 g/mol. The zero-order valence-electron chi connectivity index (χ0n) is 16.6. The lowest BCUT2D eigenvalue weighted by Gasteiger charge is -2.18. The molecule has 0 radical (unpaired) electrons. The lowest BCUT2D eigenvalue weighted by atomic mass is 9.91. The Hall–Kier alpha value is -2.16. The van der Waals surface area contributed by atoms with Crippen molar-refractivity contribution in [2.75, 3.05) is 6.54 Å². The van der Waals surface area contributed by atoms with E-state index in [9.17, 15) is 0 Å². The lowest BCUT2D eigenvalue weighted by molar-refractivity contribution is 0.608. The second-order valence-corrected chi connectivity index (χ2v) is 8.62. The van der Waals surface area contributed by atoms with Gasteiger partial charge < -0.3 is 4.42 Å². The van der Waals surface area contributed by atoms with E-state index < -0.39 is 0 Å². The van der Waals surface area contributed by atoms with Gasteiger partial charge in [-0.05, 0) is 63.0 Å². The largest absolute Gasteiger partial charge is 0.437 e. The van der Waals surface area contributed by atoms with Crippen molar-refractivity contribution in [1.29, 1.82) is 0 Å². The first-order valence-corrected chi connectivity index (χ1v) is 10.5. The number of rotatable bonds is 2. The summed E-state index contributed by atoms with van der Waals surface area (Å²) in [7, 11) is 0. The quantitative estimate of drug-likeness (QED) is 0.616. The summed E-state index contributed by atoms with van der Waals surface area (Å²) < 4.78 is 6.41. The van der Waals surface area contributed by atoms with Gasteiger partial charge in [-0.1, -0.05) is 37.5 Å². The standard InChI is InChI=1S/C24H28N2O/c1-14-8-9-18-19-10-11-20(17-6-4-5-7-17)26-24(19)27-23(18)22(14)21-12-15(2)16(3)13-25-21/h8-9,12,16-17H,4-7,10-11,13H2,1-3H3. The van der Waals surface area contributed by atoms with Gasteiger partial charge in [-0.2, -0.15) is 0 Å². The molecule has 1 aromatic heterocycles. The van der Waals surface area contributed by atoms with Crippen LogP contribution < -0.4 is 0 Å². The maximum absolute atomic E-state index is 6.41. The number of benzene rings is 1. The number of dihydropyridines is 1. The van der Waals surface area contributed by atoms with Crippen molar-refractivity contribution in [2.45, 2.75) is 59.3 Å². The minimum absolute atomic E-state index is 0.525. The number of nitrogens with zero attached hydrogens (tertiary/aromatic N) is 2. The van der Waals surface area contributed by atoms with E-state index in [-0.39, 0.29) is 0 Å². The number of allylic oxidation sites excluding steroid dienone is 1. The second kappa shape index (κ2) is 6.47. The summed E-state index contributed by atoms with van der Waals surface area (Å²) in [5, 5.41) is 1.23. The van der Waals surface area contributed by atoms with Crippen LogP contribution in [0.5, 0.6) is 0 Å². The van der Waals surface area contributed by atoms with Gasteiger partial charge in [-0.25, -0.2) is 4.99 Å². The number of hydrogen-bond donors (Lipinski definition) is 0. The molecule has 1 unspecified atom stereocenters. The zero-order chi connectivity index (χ0) is 18.5. The molecule has 5 rings (SSSR count). The first-order chi connectivity index (χ1) is 13.1. The van der Waals surface area contributed by atoms with Crippen molar-refractivity contribution in [3.05, 3.63) is 40.5 Å². The van der Waals surface area contributed by atoms with Gasteiger partial charge in [0.2, 0.25) is 5.88 Å². The van der Waals surface area contributed by atoms with Gasteiger partial charge in [0.05, 0.1) is 5.71 Å². The fourth-order valence-electron chi connectivity index (χ4n) is 4.88. The average Bonchev–Trinajstić information content (AvgIpc) is 3.31. The van der Waals surface area contributed by atoms with Crippen LogP contribution in [0, 0.1) is 18.8 Å². The molecule has 3 heteroatoms. The molecule has 0 amide bonds. The first-order valence-electron chi connectivity index (χ1n) is 10.5. The van der Waals surface area contributed by atoms with Crippen LogP contribution in [-0.4, -0.2) is 18.0 Å². The Balaban J connectivity index is 1.63. The lowest BCUT2D eigenvalue weighted by Crippen LogP contribution is -2.14. The summed E-state index contributed by atoms with van der Waals surface area (Å²) in [4.78, 5) is 9.87. The van der Waals surface area contributed by atoms with Crippen LogP contribution in [-0.2, 0) is 6.42 Å². The molecule has 27 heavy (non-hydrogen) atoms. The molecule has 0 spiro atoms. The predicted molar refractivity (Wildman–Crippen MR) is 113 cm³/mol.